The van der Waals surface area contributed by atoms with Gasteiger partial charge in [-0.2, -0.15) is 0 Å². The molecule has 0 bridgehead atoms. The minimum Gasteiger partial charge on any atom is -0.447 e. The number of carbonyl (C=O) groups is 2. The van der Waals surface area contributed by atoms with Crippen LogP contribution in [0.25, 0.3) is 0 Å². The molecule has 1 fully saturated rings. The molecule has 3 atom stereocenters. The molecule has 0 aromatic heterocycles. The monoisotopic (exact) mass is 309 g/mol. The number of benzene rings is 1. The molecular weight excluding hydrogens is 289 g/mol. The summed E-state index contributed by atoms with van der Waals surface area (Å²) in [7, 11) is 0. The van der Waals surface area contributed by atoms with E-state index in [0.717, 1.165) is 10.5 Å². The van der Waals surface area contributed by atoms with Gasteiger partial charge in [0.2, 0.25) is 5.91 Å². The molecule has 5 nitrogen and oxygen atoms in total. The number of nitrogens with zero attached hydrogens (tertiary/aromatic N) is 1. The minimum absolute atomic E-state index is 0.126. The van der Waals surface area contributed by atoms with Gasteiger partial charge in [0.1, 0.15) is 6.61 Å². The Morgan fingerprint density at radius 1 is 1.45 bits per heavy atom. The summed E-state index contributed by atoms with van der Waals surface area (Å²) in [5.41, 5.74) is 0.987. The van der Waals surface area contributed by atoms with Crippen LogP contribution >= 0.6 is 0 Å². The maximum Gasteiger partial charge on any atom is 0.416 e. The van der Waals surface area contributed by atoms with E-state index in [9.17, 15) is 19.1 Å². The Bertz CT molecular complexity index is 522. The summed E-state index contributed by atoms with van der Waals surface area (Å²) in [4.78, 5) is 25.3. The highest BCUT2D eigenvalue weighted by molar-refractivity contribution is 5.94. The number of hydrogen-bond acceptors (Lipinski definition) is 4. The third kappa shape index (κ3) is 3.62. The Labute approximate surface area is 128 Å². The van der Waals surface area contributed by atoms with E-state index in [0.29, 0.717) is 6.42 Å². The molecule has 2 rings (SSSR count). The first-order valence-corrected chi connectivity index (χ1v) is 7.32. The normalized spacial score (nSPS) is 20.6. The third-order valence-corrected chi connectivity index (χ3v) is 3.88. The fourth-order valence-corrected chi connectivity index (χ4v) is 2.51. The summed E-state index contributed by atoms with van der Waals surface area (Å²) < 4.78 is 17.3. The van der Waals surface area contributed by atoms with Crippen molar-refractivity contribution < 1.29 is 23.8 Å². The summed E-state index contributed by atoms with van der Waals surface area (Å²) in [5.74, 6) is -1.37. The lowest BCUT2D eigenvalue weighted by Gasteiger charge is -2.25. The van der Waals surface area contributed by atoms with Gasteiger partial charge >= 0.3 is 6.09 Å². The highest BCUT2D eigenvalue weighted by Crippen LogP contribution is 2.21. The number of alkyl halides is 1. The first-order valence-electron chi connectivity index (χ1n) is 7.32. The second kappa shape index (κ2) is 7.35. The number of aliphatic hydroxyl groups is 1. The largest absolute Gasteiger partial charge is 0.447 e. The molecule has 22 heavy (non-hydrogen) atoms. The number of aliphatic hydroxyl groups excluding tert-OH is 1. The number of rotatable bonds is 6. The van der Waals surface area contributed by atoms with Crippen molar-refractivity contribution in [3.63, 3.8) is 0 Å². The lowest BCUT2D eigenvalue weighted by molar-refractivity contribution is -0.136. The average molecular weight is 309 g/mol. The van der Waals surface area contributed by atoms with E-state index in [4.69, 9.17) is 4.74 Å². The van der Waals surface area contributed by atoms with Crippen molar-refractivity contribution in [1.29, 1.82) is 0 Å². The Kier molecular flexibility index (Phi) is 5.49. The maximum absolute atomic E-state index is 12.4. The Balaban J connectivity index is 2.09. The van der Waals surface area contributed by atoms with E-state index in [1.54, 1.807) is 0 Å². The molecule has 0 saturated carbocycles. The summed E-state index contributed by atoms with van der Waals surface area (Å²) in [6.07, 6.45) is -1.45. The smallest absolute Gasteiger partial charge is 0.416 e. The van der Waals surface area contributed by atoms with E-state index < -0.39 is 36.7 Å². The zero-order valence-corrected chi connectivity index (χ0v) is 12.4. The van der Waals surface area contributed by atoms with Crippen LogP contribution in [0, 0.1) is 5.92 Å². The predicted octanol–water partition coefficient (Wildman–Crippen LogP) is 1.93. The van der Waals surface area contributed by atoms with Crippen molar-refractivity contribution in [2.45, 2.75) is 31.9 Å². The van der Waals surface area contributed by atoms with Crippen LogP contribution in [-0.2, 0) is 16.0 Å². The summed E-state index contributed by atoms with van der Waals surface area (Å²) in [6, 6.07) is 9.07. The number of hydrogen-bond donors (Lipinski definition) is 1. The molecule has 6 heteroatoms. The Morgan fingerprint density at radius 3 is 2.77 bits per heavy atom. The van der Waals surface area contributed by atoms with E-state index >= 15 is 0 Å². The number of ether oxygens (including phenoxy) is 1. The van der Waals surface area contributed by atoms with E-state index in [-0.39, 0.29) is 13.0 Å². The van der Waals surface area contributed by atoms with E-state index in [1.807, 2.05) is 30.3 Å². The summed E-state index contributed by atoms with van der Waals surface area (Å²) in [6.45, 7) is 0.913. The molecule has 2 amide bonds. The van der Waals surface area contributed by atoms with Crippen LogP contribution in [0.2, 0.25) is 0 Å². The Morgan fingerprint density at radius 2 is 2.14 bits per heavy atom. The number of cyclic esters (lactones) is 1. The molecule has 1 saturated heterocycles. The first-order chi connectivity index (χ1) is 10.5. The van der Waals surface area contributed by atoms with Gasteiger partial charge in [0.25, 0.3) is 0 Å². The molecule has 120 valence electrons. The summed E-state index contributed by atoms with van der Waals surface area (Å²) in [5, 5.41) is 9.77. The van der Waals surface area contributed by atoms with Gasteiger partial charge in [0.05, 0.1) is 24.7 Å². The molecular formula is C16H20FNO4. The predicted molar refractivity (Wildman–Crippen MR) is 77.9 cm³/mol. The quantitative estimate of drug-likeness (QED) is 0.872. The van der Waals surface area contributed by atoms with Gasteiger partial charge in [-0.1, -0.05) is 37.3 Å². The van der Waals surface area contributed by atoms with Gasteiger partial charge in [-0.3, -0.25) is 9.18 Å². The van der Waals surface area contributed by atoms with Crippen LogP contribution in [0.4, 0.5) is 9.18 Å². The van der Waals surface area contributed by atoms with Crippen LogP contribution in [0.1, 0.15) is 18.9 Å². The molecule has 1 N–H and O–H groups in total. The van der Waals surface area contributed by atoms with Crippen LogP contribution in [0.5, 0.6) is 0 Å². The van der Waals surface area contributed by atoms with Crippen LogP contribution in [0.15, 0.2) is 30.3 Å². The van der Waals surface area contributed by atoms with Crippen LogP contribution in [-0.4, -0.2) is 47.4 Å². The highest BCUT2D eigenvalue weighted by atomic mass is 19.1. The second-order valence-electron chi connectivity index (χ2n) is 5.46. The molecule has 0 spiro atoms. The fraction of sp³-hybridized carbons (Fsp3) is 0.500. The van der Waals surface area contributed by atoms with Crippen LogP contribution < -0.4 is 0 Å². The van der Waals surface area contributed by atoms with Crippen molar-refractivity contribution in [3.8, 4) is 0 Å². The zero-order chi connectivity index (χ0) is 16.1. The fourth-order valence-electron chi connectivity index (χ4n) is 2.51. The van der Waals surface area contributed by atoms with Gasteiger partial charge in [0.15, 0.2) is 0 Å². The number of halogens is 1. The maximum atomic E-state index is 12.4. The zero-order valence-electron chi connectivity index (χ0n) is 12.4. The van der Waals surface area contributed by atoms with Crippen molar-refractivity contribution in [1.82, 2.24) is 4.90 Å². The lowest BCUT2D eigenvalue weighted by atomic mass is 9.99. The average Bonchev–Trinajstić information content (AvgIpc) is 2.87. The van der Waals surface area contributed by atoms with Gasteiger partial charge in [-0.15, -0.1) is 0 Å². The number of amides is 2. The lowest BCUT2D eigenvalue weighted by Crippen LogP contribution is -2.45. The third-order valence-electron chi connectivity index (χ3n) is 3.88. The van der Waals surface area contributed by atoms with Crippen LogP contribution in [0.3, 0.4) is 0 Å². The molecule has 1 aliphatic heterocycles. The molecule has 1 aromatic carbocycles. The second-order valence-corrected chi connectivity index (χ2v) is 5.46. The van der Waals surface area contributed by atoms with Gasteiger partial charge in [0, 0.05) is 6.42 Å². The van der Waals surface area contributed by atoms with E-state index in [1.165, 1.54) is 6.92 Å². The standard InChI is InChI=1S/C16H20FNO4/c1-11(14(19)7-8-17)15(20)18-13(10-22-16(18)21)9-12-5-3-2-4-6-12/h2-6,11,13-14,19H,7-10H2,1H3/t11-,13-,14-/m0/s1. The van der Waals surface area contributed by atoms with Crippen molar-refractivity contribution in [2.75, 3.05) is 13.3 Å². The topological polar surface area (TPSA) is 66.8 Å². The molecule has 0 aliphatic carbocycles. The molecule has 1 aliphatic rings. The van der Waals surface area contributed by atoms with Crippen molar-refractivity contribution in [3.05, 3.63) is 35.9 Å². The SMILES string of the molecule is C[C@H](C(=O)N1C(=O)OC[C@@H]1Cc1ccccc1)[C@@H](O)CCF. The number of carbonyl (C=O) groups excluding carboxylic acids is 2. The van der Waals surface area contributed by atoms with Crippen molar-refractivity contribution >= 4 is 12.0 Å². The van der Waals surface area contributed by atoms with Crippen molar-refractivity contribution in [2.24, 2.45) is 5.92 Å². The molecule has 0 radical (unpaired) electrons. The molecule has 1 heterocycles. The number of imide groups is 1. The van der Waals surface area contributed by atoms with E-state index in [2.05, 4.69) is 0 Å². The molecule has 0 unspecified atom stereocenters. The first kappa shape index (κ1) is 16.4. The van der Waals surface area contributed by atoms with Gasteiger partial charge in [-0.25, -0.2) is 9.69 Å². The van der Waals surface area contributed by atoms with Gasteiger partial charge in [-0.05, 0) is 12.0 Å². The highest BCUT2D eigenvalue weighted by Gasteiger charge is 2.41. The van der Waals surface area contributed by atoms with Gasteiger partial charge < -0.3 is 9.84 Å². The molecule has 1 aromatic rings. The summed E-state index contributed by atoms with van der Waals surface area (Å²) >= 11 is 0. The Hall–Kier alpha value is -1.95. The minimum atomic E-state index is -1.11.